The molecular weight excluding hydrogens is 288 g/mol. The second-order valence-electron chi connectivity index (χ2n) is 5.28. The first-order valence-corrected chi connectivity index (χ1v) is 7.39. The molecule has 2 heterocycles. The molecule has 110 valence electrons. The number of amides is 1. The molecule has 0 N–H and O–H groups in total. The van der Waals surface area contributed by atoms with Gasteiger partial charge in [0.25, 0.3) is 5.91 Å². The predicted octanol–water partition coefficient (Wildman–Crippen LogP) is 2.98. The van der Waals surface area contributed by atoms with Gasteiger partial charge in [0, 0.05) is 29.2 Å². The molecule has 1 aromatic carbocycles. The summed E-state index contributed by atoms with van der Waals surface area (Å²) in [7, 11) is 0. The third-order valence-electron chi connectivity index (χ3n) is 3.83. The van der Waals surface area contributed by atoms with Crippen LogP contribution in [0, 0.1) is 13.8 Å². The van der Waals surface area contributed by atoms with Crippen molar-refractivity contribution in [2.24, 2.45) is 0 Å². The summed E-state index contributed by atoms with van der Waals surface area (Å²) in [6.45, 7) is 6.29. The SMILES string of the molecule is Cc1cc(C(=O)N2CCOCC2)c2ccc(Cl)c(C)c2n1. The molecule has 1 saturated heterocycles. The molecule has 0 radical (unpaired) electrons. The van der Waals surface area contributed by atoms with Gasteiger partial charge in [0.2, 0.25) is 0 Å². The Bertz CT molecular complexity index is 709. The molecule has 2 aromatic rings. The molecule has 0 unspecified atom stereocenters. The van der Waals surface area contributed by atoms with Crippen LogP contribution in [0.2, 0.25) is 5.02 Å². The normalized spacial score (nSPS) is 15.5. The minimum Gasteiger partial charge on any atom is -0.378 e. The van der Waals surface area contributed by atoms with E-state index in [-0.39, 0.29) is 5.91 Å². The molecule has 0 bridgehead atoms. The molecular formula is C16H17ClN2O2. The van der Waals surface area contributed by atoms with Gasteiger partial charge in [0.1, 0.15) is 0 Å². The Kier molecular flexibility index (Phi) is 3.83. The summed E-state index contributed by atoms with van der Waals surface area (Å²) in [6.07, 6.45) is 0. The molecule has 21 heavy (non-hydrogen) atoms. The lowest BCUT2D eigenvalue weighted by Gasteiger charge is -2.27. The van der Waals surface area contributed by atoms with E-state index in [1.165, 1.54) is 0 Å². The number of ether oxygens (including phenoxy) is 1. The van der Waals surface area contributed by atoms with E-state index >= 15 is 0 Å². The highest BCUT2D eigenvalue weighted by Gasteiger charge is 2.21. The number of hydrogen-bond donors (Lipinski definition) is 0. The maximum atomic E-state index is 12.8. The molecule has 5 heteroatoms. The monoisotopic (exact) mass is 304 g/mol. The number of nitrogens with zero attached hydrogens (tertiary/aromatic N) is 2. The summed E-state index contributed by atoms with van der Waals surface area (Å²) in [5.41, 5.74) is 3.23. The number of carbonyl (C=O) groups is 1. The number of benzene rings is 1. The van der Waals surface area contributed by atoms with Gasteiger partial charge in [-0.05, 0) is 31.5 Å². The zero-order valence-corrected chi connectivity index (χ0v) is 12.9. The molecule has 0 saturated carbocycles. The molecule has 1 fully saturated rings. The van der Waals surface area contributed by atoms with Gasteiger partial charge in [-0.25, -0.2) is 0 Å². The van der Waals surface area contributed by atoms with Crippen molar-refractivity contribution >= 4 is 28.4 Å². The predicted molar refractivity (Wildman–Crippen MR) is 82.9 cm³/mol. The van der Waals surface area contributed by atoms with Crippen LogP contribution in [0.4, 0.5) is 0 Å². The number of morpholine rings is 1. The van der Waals surface area contributed by atoms with Crippen LogP contribution in [0.3, 0.4) is 0 Å². The lowest BCUT2D eigenvalue weighted by Crippen LogP contribution is -2.40. The van der Waals surface area contributed by atoms with E-state index in [1.807, 2.05) is 36.9 Å². The van der Waals surface area contributed by atoms with Crippen LogP contribution in [-0.2, 0) is 4.74 Å². The average Bonchev–Trinajstić information content (AvgIpc) is 2.51. The third-order valence-corrected chi connectivity index (χ3v) is 4.23. The lowest BCUT2D eigenvalue weighted by atomic mass is 10.0. The van der Waals surface area contributed by atoms with E-state index in [0.29, 0.717) is 36.9 Å². The van der Waals surface area contributed by atoms with Gasteiger partial charge in [-0.3, -0.25) is 9.78 Å². The van der Waals surface area contributed by atoms with Crippen LogP contribution in [-0.4, -0.2) is 42.1 Å². The van der Waals surface area contributed by atoms with Crippen molar-refractivity contribution in [2.45, 2.75) is 13.8 Å². The van der Waals surface area contributed by atoms with Gasteiger partial charge in [-0.1, -0.05) is 17.7 Å². The van der Waals surface area contributed by atoms with Gasteiger partial charge in [0.05, 0.1) is 24.3 Å². The number of carbonyl (C=O) groups excluding carboxylic acids is 1. The summed E-state index contributed by atoms with van der Waals surface area (Å²) in [5, 5.41) is 1.53. The Hall–Kier alpha value is -1.65. The van der Waals surface area contributed by atoms with Crippen molar-refractivity contribution in [3.05, 3.63) is 40.0 Å². The van der Waals surface area contributed by atoms with E-state index in [4.69, 9.17) is 16.3 Å². The van der Waals surface area contributed by atoms with Crippen LogP contribution < -0.4 is 0 Å². The standard InChI is InChI=1S/C16H17ClN2O2/c1-10-9-13(16(20)19-5-7-21-8-6-19)12-3-4-14(17)11(2)15(12)18-10/h3-4,9H,5-8H2,1-2H3. The molecule has 4 nitrogen and oxygen atoms in total. The van der Waals surface area contributed by atoms with Crippen LogP contribution in [0.15, 0.2) is 18.2 Å². The van der Waals surface area contributed by atoms with Crippen LogP contribution in [0.25, 0.3) is 10.9 Å². The average molecular weight is 305 g/mol. The first-order valence-electron chi connectivity index (χ1n) is 7.01. The maximum Gasteiger partial charge on any atom is 0.254 e. The molecule has 0 spiro atoms. The van der Waals surface area contributed by atoms with Crippen molar-refractivity contribution in [1.29, 1.82) is 0 Å². The fourth-order valence-electron chi connectivity index (χ4n) is 2.65. The van der Waals surface area contributed by atoms with Gasteiger partial charge >= 0.3 is 0 Å². The number of fused-ring (bicyclic) bond motifs is 1. The van der Waals surface area contributed by atoms with Crippen molar-refractivity contribution in [2.75, 3.05) is 26.3 Å². The minimum absolute atomic E-state index is 0.0375. The van der Waals surface area contributed by atoms with E-state index in [1.54, 1.807) is 0 Å². The number of aromatic nitrogens is 1. The Balaban J connectivity index is 2.13. The smallest absolute Gasteiger partial charge is 0.254 e. The molecule has 0 atom stereocenters. The van der Waals surface area contributed by atoms with Crippen molar-refractivity contribution in [1.82, 2.24) is 9.88 Å². The largest absolute Gasteiger partial charge is 0.378 e. The van der Waals surface area contributed by atoms with Crippen molar-refractivity contribution < 1.29 is 9.53 Å². The first kappa shape index (κ1) is 14.3. The van der Waals surface area contributed by atoms with Gasteiger partial charge in [-0.2, -0.15) is 0 Å². The van der Waals surface area contributed by atoms with Gasteiger partial charge < -0.3 is 9.64 Å². The molecule has 1 aliphatic heterocycles. The van der Waals surface area contributed by atoms with E-state index < -0.39 is 0 Å². The Morgan fingerprint density at radius 1 is 1.29 bits per heavy atom. The highest BCUT2D eigenvalue weighted by molar-refractivity contribution is 6.32. The van der Waals surface area contributed by atoms with E-state index in [9.17, 15) is 4.79 Å². The Morgan fingerprint density at radius 2 is 2.00 bits per heavy atom. The molecule has 0 aliphatic carbocycles. The number of pyridine rings is 1. The molecule has 3 rings (SSSR count). The zero-order chi connectivity index (χ0) is 15.0. The Morgan fingerprint density at radius 3 is 2.71 bits per heavy atom. The first-order chi connectivity index (χ1) is 10.1. The topological polar surface area (TPSA) is 42.4 Å². The fraction of sp³-hybridized carbons (Fsp3) is 0.375. The maximum absolute atomic E-state index is 12.8. The molecule has 1 aliphatic rings. The summed E-state index contributed by atoms with van der Waals surface area (Å²) >= 11 is 6.17. The van der Waals surface area contributed by atoms with E-state index in [2.05, 4.69) is 4.98 Å². The van der Waals surface area contributed by atoms with Crippen molar-refractivity contribution in [3.63, 3.8) is 0 Å². The third kappa shape index (κ3) is 2.61. The number of halogens is 1. The molecule has 1 aromatic heterocycles. The Labute approximate surface area is 128 Å². The van der Waals surface area contributed by atoms with Crippen molar-refractivity contribution in [3.8, 4) is 0 Å². The van der Waals surface area contributed by atoms with E-state index in [0.717, 1.165) is 22.2 Å². The number of rotatable bonds is 1. The minimum atomic E-state index is 0.0375. The zero-order valence-electron chi connectivity index (χ0n) is 12.1. The quantitative estimate of drug-likeness (QED) is 0.813. The second kappa shape index (κ2) is 5.62. The molecule has 1 amide bonds. The lowest BCUT2D eigenvalue weighted by molar-refractivity contribution is 0.0304. The van der Waals surface area contributed by atoms with Crippen LogP contribution >= 0.6 is 11.6 Å². The van der Waals surface area contributed by atoms with Crippen LogP contribution in [0.5, 0.6) is 0 Å². The second-order valence-corrected chi connectivity index (χ2v) is 5.69. The van der Waals surface area contributed by atoms with Gasteiger partial charge in [0.15, 0.2) is 0 Å². The highest BCUT2D eigenvalue weighted by atomic mass is 35.5. The van der Waals surface area contributed by atoms with Gasteiger partial charge in [-0.15, -0.1) is 0 Å². The number of hydrogen-bond acceptors (Lipinski definition) is 3. The summed E-state index contributed by atoms with van der Waals surface area (Å²) < 4.78 is 5.31. The number of aryl methyl sites for hydroxylation is 2. The van der Waals surface area contributed by atoms with Crippen LogP contribution in [0.1, 0.15) is 21.6 Å². The highest BCUT2D eigenvalue weighted by Crippen LogP contribution is 2.27. The summed E-state index contributed by atoms with van der Waals surface area (Å²) in [6, 6.07) is 5.56. The fourth-order valence-corrected chi connectivity index (χ4v) is 2.80. The summed E-state index contributed by atoms with van der Waals surface area (Å²) in [4.78, 5) is 19.2. The summed E-state index contributed by atoms with van der Waals surface area (Å²) in [5.74, 6) is 0.0375.